The predicted molar refractivity (Wildman–Crippen MR) is 82.9 cm³/mol. The molecule has 2 aromatic carbocycles. The Labute approximate surface area is 123 Å². The first-order valence-corrected chi connectivity index (χ1v) is 6.67. The third-order valence-electron chi connectivity index (χ3n) is 3.38. The van der Waals surface area contributed by atoms with Crippen LogP contribution in [0.5, 0.6) is 5.75 Å². The van der Waals surface area contributed by atoms with Gasteiger partial charge in [-0.1, -0.05) is 18.2 Å². The van der Waals surface area contributed by atoms with Crippen LogP contribution in [0, 0.1) is 17.0 Å². The van der Waals surface area contributed by atoms with Gasteiger partial charge in [0.05, 0.1) is 23.6 Å². The number of nitrogens with zero attached hydrogens (tertiary/aromatic N) is 1. The highest BCUT2D eigenvalue weighted by Gasteiger charge is 2.18. The minimum absolute atomic E-state index is 0.128. The van der Waals surface area contributed by atoms with Crippen molar-refractivity contribution < 1.29 is 9.66 Å². The monoisotopic (exact) mass is 286 g/mol. The normalized spacial score (nSPS) is 11.8. The second kappa shape index (κ2) is 6.26. The van der Waals surface area contributed by atoms with Gasteiger partial charge >= 0.3 is 0 Å². The van der Waals surface area contributed by atoms with Crippen LogP contribution in [0.25, 0.3) is 0 Å². The maximum absolute atomic E-state index is 11.1. The minimum Gasteiger partial charge on any atom is -0.496 e. The van der Waals surface area contributed by atoms with Crippen LogP contribution in [0.3, 0.4) is 0 Å². The van der Waals surface area contributed by atoms with E-state index in [9.17, 15) is 10.1 Å². The Morgan fingerprint density at radius 3 is 2.57 bits per heavy atom. The number of hydrogen-bond donors (Lipinski definition) is 1. The highest BCUT2D eigenvalue weighted by Crippen LogP contribution is 2.29. The number of nitro groups is 1. The second-order valence-corrected chi connectivity index (χ2v) is 4.87. The van der Waals surface area contributed by atoms with E-state index < -0.39 is 0 Å². The lowest BCUT2D eigenvalue weighted by Crippen LogP contribution is -2.09. The molecule has 0 aliphatic heterocycles. The third-order valence-corrected chi connectivity index (χ3v) is 3.38. The zero-order valence-electron chi connectivity index (χ0n) is 12.3. The van der Waals surface area contributed by atoms with Gasteiger partial charge in [0.25, 0.3) is 5.69 Å². The fourth-order valence-corrected chi connectivity index (χ4v) is 2.32. The molecule has 0 aliphatic carbocycles. The van der Waals surface area contributed by atoms with E-state index in [1.807, 2.05) is 32.0 Å². The van der Waals surface area contributed by atoms with Crippen LogP contribution in [-0.2, 0) is 0 Å². The fraction of sp³-hybridized carbons (Fsp3) is 0.250. The molecule has 0 aliphatic rings. The van der Waals surface area contributed by atoms with Crippen molar-refractivity contribution in [1.29, 1.82) is 0 Å². The summed E-state index contributed by atoms with van der Waals surface area (Å²) in [7, 11) is 1.63. The van der Waals surface area contributed by atoms with Crippen molar-refractivity contribution in [1.82, 2.24) is 0 Å². The van der Waals surface area contributed by atoms with Gasteiger partial charge < -0.3 is 10.1 Å². The van der Waals surface area contributed by atoms with Crippen molar-refractivity contribution >= 4 is 11.4 Å². The molecule has 0 amide bonds. The van der Waals surface area contributed by atoms with Crippen LogP contribution in [-0.4, -0.2) is 12.0 Å². The molecule has 2 rings (SSSR count). The summed E-state index contributed by atoms with van der Waals surface area (Å²) in [5, 5.41) is 14.4. The van der Waals surface area contributed by atoms with Crippen molar-refractivity contribution in [2.24, 2.45) is 0 Å². The van der Waals surface area contributed by atoms with Gasteiger partial charge in [-0.2, -0.15) is 0 Å². The van der Waals surface area contributed by atoms with Gasteiger partial charge in [-0.15, -0.1) is 0 Å². The van der Waals surface area contributed by atoms with E-state index in [-0.39, 0.29) is 16.7 Å². The average Bonchev–Trinajstić information content (AvgIpc) is 2.47. The molecule has 0 fully saturated rings. The molecule has 0 aromatic heterocycles. The number of anilines is 1. The topological polar surface area (TPSA) is 64.4 Å². The Bertz CT molecular complexity index is 656. The van der Waals surface area contributed by atoms with Crippen LogP contribution in [0.4, 0.5) is 11.4 Å². The summed E-state index contributed by atoms with van der Waals surface area (Å²) in [4.78, 5) is 10.7. The Hall–Kier alpha value is -2.56. The van der Waals surface area contributed by atoms with E-state index in [1.54, 1.807) is 25.3 Å². The second-order valence-electron chi connectivity index (χ2n) is 4.87. The molecule has 1 atom stereocenters. The Kier molecular flexibility index (Phi) is 4.42. The van der Waals surface area contributed by atoms with E-state index in [0.29, 0.717) is 5.56 Å². The molecule has 5 nitrogen and oxygen atoms in total. The van der Waals surface area contributed by atoms with Gasteiger partial charge in [0.15, 0.2) is 0 Å². The van der Waals surface area contributed by atoms with Crippen molar-refractivity contribution in [3.8, 4) is 5.75 Å². The van der Waals surface area contributed by atoms with Crippen LogP contribution >= 0.6 is 0 Å². The Balaban J connectivity index is 2.24. The molecular formula is C16H18N2O3. The standard InChI is InChI=1S/C16H18N2O3/c1-11-10-13(8-9-16(11)21-3)17-12(2)14-6-4-5-7-15(14)18(19)20/h4-10,12,17H,1-3H3. The fourth-order valence-electron chi connectivity index (χ4n) is 2.32. The molecule has 0 saturated heterocycles. The van der Waals surface area contributed by atoms with Gasteiger partial charge in [0, 0.05) is 11.8 Å². The number of nitro benzene ring substituents is 1. The first-order chi connectivity index (χ1) is 10.0. The van der Waals surface area contributed by atoms with Crippen molar-refractivity contribution in [2.45, 2.75) is 19.9 Å². The molecule has 1 N–H and O–H groups in total. The number of rotatable bonds is 5. The van der Waals surface area contributed by atoms with Crippen LogP contribution in [0.15, 0.2) is 42.5 Å². The molecule has 1 unspecified atom stereocenters. The van der Waals surface area contributed by atoms with Crippen LogP contribution in [0.2, 0.25) is 0 Å². The number of nitrogens with one attached hydrogen (secondary N) is 1. The van der Waals surface area contributed by atoms with Crippen molar-refractivity contribution in [3.63, 3.8) is 0 Å². The molecule has 0 saturated carbocycles. The van der Waals surface area contributed by atoms with Gasteiger partial charge in [-0.3, -0.25) is 10.1 Å². The largest absolute Gasteiger partial charge is 0.496 e. The zero-order valence-corrected chi connectivity index (χ0v) is 12.3. The summed E-state index contributed by atoms with van der Waals surface area (Å²) in [5.74, 6) is 0.818. The van der Waals surface area contributed by atoms with Crippen LogP contribution in [0.1, 0.15) is 24.1 Å². The molecule has 110 valence electrons. The summed E-state index contributed by atoms with van der Waals surface area (Å²) in [6.07, 6.45) is 0. The highest BCUT2D eigenvalue weighted by atomic mass is 16.6. The predicted octanol–water partition coefficient (Wildman–Crippen LogP) is 4.08. The van der Waals surface area contributed by atoms with Gasteiger partial charge in [-0.25, -0.2) is 0 Å². The SMILES string of the molecule is COc1ccc(NC(C)c2ccccc2[N+](=O)[O-])cc1C. The lowest BCUT2D eigenvalue weighted by Gasteiger charge is -2.17. The van der Waals surface area contributed by atoms with Crippen molar-refractivity contribution in [2.75, 3.05) is 12.4 Å². The first-order valence-electron chi connectivity index (χ1n) is 6.67. The third kappa shape index (κ3) is 3.31. The minimum atomic E-state index is -0.354. The molecule has 5 heteroatoms. The Morgan fingerprint density at radius 1 is 1.24 bits per heavy atom. The van der Waals surface area contributed by atoms with E-state index >= 15 is 0 Å². The quantitative estimate of drug-likeness (QED) is 0.664. The van der Waals surface area contributed by atoms with Gasteiger partial charge in [-0.05, 0) is 37.6 Å². The molecule has 0 spiro atoms. The number of benzene rings is 2. The summed E-state index contributed by atoms with van der Waals surface area (Å²) >= 11 is 0. The number of ether oxygens (including phenoxy) is 1. The van der Waals surface area contributed by atoms with E-state index in [4.69, 9.17) is 4.74 Å². The maximum atomic E-state index is 11.1. The number of hydrogen-bond acceptors (Lipinski definition) is 4. The van der Waals surface area contributed by atoms with Crippen molar-refractivity contribution in [3.05, 3.63) is 63.7 Å². The average molecular weight is 286 g/mol. The Morgan fingerprint density at radius 2 is 1.95 bits per heavy atom. The first kappa shape index (κ1) is 14.8. The zero-order chi connectivity index (χ0) is 15.4. The van der Waals surface area contributed by atoms with Gasteiger partial charge in [0.1, 0.15) is 5.75 Å². The molecular weight excluding hydrogens is 268 g/mol. The number of methoxy groups -OCH3 is 1. The molecule has 21 heavy (non-hydrogen) atoms. The van der Waals surface area contributed by atoms with Crippen LogP contribution < -0.4 is 10.1 Å². The van der Waals surface area contributed by atoms with Gasteiger partial charge in [0.2, 0.25) is 0 Å². The summed E-state index contributed by atoms with van der Waals surface area (Å²) in [6, 6.07) is 12.3. The maximum Gasteiger partial charge on any atom is 0.274 e. The van der Waals surface area contributed by atoms with E-state index in [2.05, 4.69) is 5.32 Å². The van der Waals surface area contributed by atoms with E-state index in [0.717, 1.165) is 17.0 Å². The van der Waals surface area contributed by atoms with E-state index in [1.165, 1.54) is 6.07 Å². The number of aryl methyl sites for hydroxylation is 1. The summed E-state index contributed by atoms with van der Waals surface area (Å²) in [5.41, 5.74) is 2.70. The number of para-hydroxylation sites is 1. The lowest BCUT2D eigenvalue weighted by atomic mass is 10.1. The molecule has 0 radical (unpaired) electrons. The molecule has 2 aromatic rings. The summed E-state index contributed by atoms with van der Waals surface area (Å²) in [6.45, 7) is 3.86. The molecule has 0 bridgehead atoms. The highest BCUT2D eigenvalue weighted by molar-refractivity contribution is 5.53. The molecule has 0 heterocycles. The smallest absolute Gasteiger partial charge is 0.274 e. The lowest BCUT2D eigenvalue weighted by molar-refractivity contribution is -0.385. The summed E-state index contributed by atoms with van der Waals surface area (Å²) < 4.78 is 5.22.